The quantitative estimate of drug-likeness (QED) is 0.254. The average molecular weight is 512 g/mol. The number of aromatic nitrogens is 1. The molecular weight excluding hydrogens is 476 g/mol. The lowest BCUT2D eigenvalue weighted by Gasteiger charge is -2.40. The highest BCUT2D eigenvalue weighted by atomic mass is 19.1. The van der Waals surface area contributed by atoms with Gasteiger partial charge in [0, 0.05) is 22.7 Å². The Balaban J connectivity index is 1.43. The van der Waals surface area contributed by atoms with E-state index < -0.39 is 24.2 Å². The first kappa shape index (κ1) is 26.9. The number of piperidine rings is 1. The molecule has 0 bridgehead atoms. The third-order valence-electron chi connectivity index (χ3n) is 7.71. The SMILES string of the molecule is COc1ccc2ncc(CF)c([C@H](F)CCC3(C(=O)NO)CCN(CCCc4ccccc4)CC3)c2c1. The van der Waals surface area contributed by atoms with E-state index in [2.05, 4.69) is 22.0 Å². The Morgan fingerprint density at radius 2 is 1.97 bits per heavy atom. The van der Waals surface area contributed by atoms with Crippen LogP contribution in [0, 0.1) is 5.41 Å². The maximum atomic E-state index is 15.8. The number of benzene rings is 2. The van der Waals surface area contributed by atoms with Crippen LogP contribution in [0.25, 0.3) is 10.9 Å². The van der Waals surface area contributed by atoms with Gasteiger partial charge in [-0.2, -0.15) is 0 Å². The second kappa shape index (κ2) is 12.4. The summed E-state index contributed by atoms with van der Waals surface area (Å²) in [5, 5.41) is 9.98. The van der Waals surface area contributed by atoms with Gasteiger partial charge in [0.2, 0.25) is 5.91 Å². The van der Waals surface area contributed by atoms with E-state index in [-0.39, 0.29) is 24.0 Å². The van der Waals surface area contributed by atoms with Gasteiger partial charge in [0.25, 0.3) is 0 Å². The molecule has 1 saturated heterocycles. The summed E-state index contributed by atoms with van der Waals surface area (Å²) in [7, 11) is 1.52. The first-order valence-electron chi connectivity index (χ1n) is 12.9. The number of pyridine rings is 1. The van der Waals surface area contributed by atoms with E-state index in [1.807, 2.05) is 23.7 Å². The topological polar surface area (TPSA) is 74.7 Å². The highest BCUT2D eigenvalue weighted by Gasteiger charge is 2.41. The Morgan fingerprint density at radius 1 is 1.22 bits per heavy atom. The van der Waals surface area contributed by atoms with Crippen molar-refractivity contribution in [3.05, 3.63) is 71.4 Å². The van der Waals surface area contributed by atoms with Gasteiger partial charge in [-0.1, -0.05) is 30.3 Å². The highest BCUT2D eigenvalue weighted by molar-refractivity contribution is 5.85. The fraction of sp³-hybridized carbons (Fsp3) is 0.448. The van der Waals surface area contributed by atoms with Crippen molar-refractivity contribution >= 4 is 16.8 Å². The van der Waals surface area contributed by atoms with Crippen LogP contribution in [0.1, 0.15) is 55.0 Å². The molecule has 2 heterocycles. The van der Waals surface area contributed by atoms with Gasteiger partial charge in [-0.25, -0.2) is 14.3 Å². The van der Waals surface area contributed by atoms with Gasteiger partial charge in [0.05, 0.1) is 18.0 Å². The molecule has 6 nitrogen and oxygen atoms in total. The fourth-order valence-electron chi connectivity index (χ4n) is 5.45. The van der Waals surface area contributed by atoms with Gasteiger partial charge < -0.3 is 9.64 Å². The zero-order chi connectivity index (χ0) is 26.3. The summed E-state index contributed by atoms with van der Waals surface area (Å²) in [6.07, 6.45) is 3.22. The van der Waals surface area contributed by atoms with Crippen molar-refractivity contribution in [2.45, 2.75) is 51.4 Å². The van der Waals surface area contributed by atoms with Crippen LogP contribution < -0.4 is 10.2 Å². The van der Waals surface area contributed by atoms with Crippen molar-refractivity contribution in [2.75, 3.05) is 26.7 Å². The number of likely N-dealkylation sites (tertiary alicyclic amines) is 1. The maximum absolute atomic E-state index is 15.8. The second-order valence-electron chi connectivity index (χ2n) is 9.87. The van der Waals surface area contributed by atoms with E-state index in [1.165, 1.54) is 18.9 Å². The number of amides is 1. The van der Waals surface area contributed by atoms with Gasteiger partial charge in [-0.05, 0) is 81.9 Å². The Hall–Kier alpha value is -3.10. The lowest BCUT2D eigenvalue weighted by Crippen LogP contribution is -2.48. The van der Waals surface area contributed by atoms with Gasteiger partial charge in [0.1, 0.15) is 18.6 Å². The lowest BCUT2D eigenvalue weighted by atomic mass is 9.73. The number of nitrogens with zero attached hydrogens (tertiary/aromatic N) is 2. The Morgan fingerprint density at radius 3 is 2.65 bits per heavy atom. The molecule has 1 atom stereocenters. The minimum absolute atomic E-state index is 0.0325. The van der Waals surface area contributed by atoms with Crippen LogP contribution in [0.15, 0.2) is 54.7 Å². The molecule has 3 aromatic rings. The normalized spacial score (nSPS) is 16.4. The van der Waals surface area contributed by atoms with E-state index >= 15 is 4.39 Å². The maximum Gasteiger partial charge on any atom is 0.249 e. The van der Waals surface area contributed by atoms with Crippen molar-refractivity contribution in [3.63, 3.8) is 0 Å². The molecule has 1 amide bonds. The monoisotopic (exact) mass is 511 g/mol. The third-order valence-corrected chi connectivity index (χ3v) is 7.71. The van der Waals surface area contributed by atoms with Crippen molar-refractivity contribution in [3.8, 4) is 5.75 Å². The molecule has 0 unspecified atom stereocenters. The van der Waals surface area contributed by atoms with E-state index in [0.717, 1.165) is 19.4 Å². The van der Waals surface area contributed by atoms with Crippen molar-refractivity contribution in [2.24, 2.45) is 5.41 Å². The molecule has 8 heteroatoms. The van der Waals surface area contributed by atoms with E-state index in [9.17, 15) is 14.4 Å². The zero-order valence-electron chi connectivity index (χ0n) is 21.3. The van der Waals surface area contributed by atoms with Crippen LogP contribution in [0.4, 0.5) is 8.78 Å². The number of rotatable bonds is 11. The number of hydrogen-bond acceptors (Lipinski definition) is 5. The number of fused-ring (bicyclic) bond motifs is 1. The van der Waals surface area contributed by atoms with Gasteiger partial charge in [0.15, 0.2) is 0 Å². The fourth-order valence-corrected chi connectivity index (χ4v) is 5.45. The number of aryl methyl sites for hydroxylation is 1. The summed E-state index contributed by atoms with van der Waals surface area (Å²) in [4.78, 5) is 19.4. The number of ether oxygens (including phenoxy) is 1. The number of alkyl halides is 2. The Kier molecular flexibility index (Phi) is 9.05. The van der Waals surface area contributed by atoms with Crippen molar-refractivity contribution in [1.29, 1.82) is 0 Å². The van der Waals surface area contributed by atoms with Crippen LogP contribution in [-0.4, -0.2) is 47.7 Å². The first-order chi connectivity index (χ1) is 18.0. The number of carbonyl (C=O) groups excluding carboxylic acids is 1. The molecule has 0 spiro atoms. The van der Waals surface area contributed by atoms with E-state index in [0.29, 0.717) is 42.6 Å². The predicted octanol–water partition coefficient (Wildman–Crippen LogP) is 5.72. The summed E-state index contributed by atoms with van der Waals surface area (Å²) in [5.74, 6) is 0.0603. The van der Waals surface area contributed by atoms with Crippen molar-refractivity contribution in [1.82, 2.24) is 15.4 Å². The molecule has 1 aliphatic rings. The first-order valence-corrected chi connectivity index (χ1v) is 12.9. The van der Waals surface area contributed by atoms with Crippen LogP contribution in [0.2, 0.25) is 0 Å². The predicted molar refractivity (Wildman–Crippen MR) is 139 cm³/mol. The van der Waals surface area contributed by atoms with Crippen LogP contribution in [0.3, 0.4) is 0 Å². The van der Waals surface area contributed by atoms with E-state index in [4.69, 9.17) is 4.74 Å². The number of carbonyl (C=O) groups is 1. The molecule has 37 heavy (non-hydrogen) atoms. The average Bonchev–Trinajstić information content (AvgIpc) is 2.95. The number of methoxy groups -OCH3 is 1. The molecule has 198 valence electrons. The number of nitrogens with one attached hydrogen (secondary N) is 1. The summed E-state index contributed by atoms with van der Waals surface area (Å²) < 4.78 is 34.9. The largest absolute Gasteiger partial charge is 0.497 e. The summed E-state index contributed by atoms with van der Waals surface area (Å²) in [5.41, 5.74) is 3.26. The molecule has 0 aliphatic carbocycles. The summed E-state index contributed by atoms with van der Waals surface area (Å²) >= 11 is 0. The Labute approximate surface area is 216 Å². The second-order valence-corrected chi connectivity index (χ2v) is 9.87. The third kappa shape index (κ3) is 6.25. The van der Waals surface area contributed by atoms with E-state index in [1.54, 1.807) is 18.2 Å². The zero-order valence-corrected chi connectivity index (χ0v) is 21.3. The molecule has 4 rings (SSSR count). The molecule has 0 radical (unpaired) electrons. The van der Waals surface area contributed by atoms with Gasteiger partial charge in [-0.15, -0.1) is 0 Å². The molecule has 0 saturated carbocycles. The molecule has 1 fully saturated rings. The molecule has 2 aromatic carbocycles. The van der Waals surface area contributed by atoms with Crippen LogP contribution in [-0.2, 0) is 17.9 Å². The standard InChI is InChI=1S/C29H35F2N3O3/c1-37-23-9-10-26-24(18-23)27(22(19-30)20-32-26)25(31)11-12-29(28(35)33-36)13-16-34(17-14-29)15-5-8-21-6-3-2-4-7-21/h2-4,6-7,9-10,18,20,25,36H,5,8,11-17,19H2,1H3,(H,33,35)/t25-/m1/s1. The molecule has 1 aliphatic heterocycles. The van der Waals surface area contributed by atoms with Gasteiger partial charge in [-0.3, -0.25) is 15.0 Å². The minimum Gasteiger partial charge on any atom is -0.497 e. The summed E-state index contributed by atoms with van der Waals surface area (Å²) in [6.45, 7) is 1.48. The van der Waals surface area contributed by atoms with Crippen LogP contribution >= 0.6 is 0 Å². The minimum atomic E-state index is -1.49. The number of hydroxylamine groups is 1. The van der Waals surface area contributed by atoms with Gasteiger partial charge >= 0.3 is 0 Å². The lowest BCUT2D eigenvalue weighted by molar-refractivity contribution is -0.143. The van der Waals surface area contributed by atoms with Crippen molar-refractivity contribution < 1.29 is 23.5 Å². The highest BCUT2D eigenvalue weighted by Crippen LogP contribution is 2.41. The summed E-state index contributed by atoms with van der Waals surface area (Å²) in [6, 6.07) is 15.5. The number of halogens is 2. The Bertz CT molecular complexity index is 1180. The molecular formula is C29H35F2N3O3. The smallest absolute Gasteiger partial charge is 0.249 e. The molecule has 2 N–H and O–H groups in total. The number of hydrogen-bond donors (Lipinski definition) is 2. The molecule has 1 aromatic heterocycles. The van der Waals surface area contributed by atoms with Crippen LogP contribution in [0.5, 0.6) is 5.75 Å².